The average Bonchev–Trinajstić information content (AvgIpc) is 2.85. The van der Waals surface area contributed by atoms with Crippen LogP contribution < -0.4 is 25.4 Å². The summed E-state index contributed by atoms with van der Waals surface area (Å²) in [6, 6.07) is 16.8. The van der Waals surface area contributed by atoms with Gasteiger partial charge in [0.15, 0.2) is 0 Å². The van der Waals surface area contributed by atoms with Crippen LogP contribution in [-0.2, 0) is 0 Å². The summed E-state index contributed by atoms with van der Waals surface area (Å²) in [4.78, 5) is 28.7. The lowest BCUT2D eigenvalue weighted by atomic mass is 10.1. The van der Waals surface area contributed by atoms with Crippen LogP contribution in [0.1, 0.15) is 10.4 Å². The molecule has 0 fully saturated rings. The molecule has 0 bridgehead atoms. The highest BCUT2D eigenvalue weighted by Gasteiger charge is 2.15. The Morgan fingerprint density at radius 3 is 2.15 bits per heavy atom. The predicted molar refractivity (Wildman–Crippen MR) is 127 cm³/mol. The number of anilines is 2. The van der Waals surface area contributed by atoms with Crippen molar-refractivity contribution in [3.8, 4) is 17.2 Å². The molecule has 4 aromatic rings. The van der Waals surface area contributed by atoms with Crippen LogP contribution in [0.4, 0.5) is 20.6 Å². The molecule has 1 heterocycles. The fourth-order valence-electron chi connectivity index (χ4n) is 3.28. The molecule has 3 aromatic carbocycles. The molecule has 1 aromatic heterocycles. The highest BCUT2D eigenvalue weighted by Crippen LogP contribution is 2.33. The molecule has 0 radical (unpaired) electrons. The van der Waals surface area contributed by atoms with Crippen LogP contribution in [-0.4, -0.2) is 31.1 Å². The Morgan fingerprint density at radius 2 is 1.53 bits per heavy atom. The lowest BCUT2D eigenvalue weighted by Crippen LogP contribution is -2.19. The molecule has 0 aliphatic rings. The van der Waals surface area contributed by atoms with Crippen molar-refractivity contribution < 1.29 is 23.5 Å². The van der Waals surface area contributed by atoms with Crippen LogP contribution in [0.25, 0.3) is 10.9 Å². The van der Waals surface area contributed by atoms with Gasteiger partial charge in [-0.05, 0) is 60.7 Å². The first-order valence-corrected chi connectivity index (χ1v) is 10.3. The van der Waals surface area contributed by atoms with Crippen LogP contribution in [0.15, 0.2) is 72.9 Å². The van der Waals surface area contributed by atoms with E-state index in [1.54, 1.807) is 55.7 Å². The molecule has 3 amide bonds. The molecule has 0 saturated carbocycles. The number of amides is 3. The van der Waals surface area contributed by atoms with E-state index in [1.165, 1.54) is 31.4 Å². The fourth-order valence-corrected chi connectivity index (χ4v) is 3.28. The summed E-state index contributed by atoms with van der Waals surface area (Å²) in [5, 5.41) is 8.55. The Balaban J connectivity index is 1.50. The standard InChI is InChI=1S/C25H21FN4O4/c1-27-24(31)20-13-19-21(14-23(20)33-2)28-12-11-22(19)34-18-9-7-17(8-10-18)30-25(32)29-16-5-3-15(26)4-6-16/h3-14H,1-2H3,(H,27,31)(H2,29,30,32). The number of carbonyl (C=O) groups is 2. The first-order valence-electron chi connectivity index (χ1n) is 10.3. The van der Waals surface area contributed by atoms with Gasteiger partial charge in [-0.3, -0.25) is 9.78 Å². The third-order valence-corrected chi connectivity index (χ3v) is 4.94. The van der Waals surface area contributed by atoms with E-state index in [-0.39, 0.29) is 11.7 Å². The highest BCUT2D eigenvalue weighted by atomic mass is 19.1. The van der Waals surface area contributed by atoms with Gasteiger partial charge in [-0.1, -0.05) is 0 Å². The first-order chi connectivity index (χ1) is 16.5. The average molecular weight is 460 g/mol. The maximum absolute atomic E-state index is 13.0. The number of pyridine rings is 1. The molecule has 0 saturated heterocycles. The molecule has 3 N–H and O–H groups in total. The molecule has 0 aliphatic heterocycles. The van der Waals surface area contributed by atoms with Gasteiger partial charge in [-0.2, -0.15) is 0 Å². The van der Waals surface area contributed by atoms with Crippen molar-refractivity contribution in [3.63, 3.8) is 0 Å². The number of halogens is 1. The quantitative estimate of drug-likeness (QED) is 0.368. The van der Waals surface area contributed by atoms with E-state index >= 15 is 0 Å². The molecule has 0 aliphatic carbocycles. The summed E-state index contributed by atoms with van der Waals surface area (Å²) < 4.78 is 24.3. The second-order valence-electron chi connectivity index (χ2n) is 7.17. The Hall–Kier alpha value is -4.66. The zero-order valence-corrected chi connectivity index (χ0v) is 18.4. The third kappa shape index (κ3) is 5.04. The van der Waals surface area contributed by atoms with E-state index in [0.717, 1.165) is 0 Å². The Kier molecular flexibility index (Phi) is 6.54. The van der Waals surface area contributed by atoms with Crippen molar-refractivity contribution in [2.24, 2.45) is 0 Å². The number of carbonyl (C=O) groups excluding carboxylic acids is 2. The minimum atomic E-state index is -0.462. The number of hydrogen-bond acceptors (Lipinski definition) is 5. The van der Waals surface area contributed by atoms with Crippen LogP contribution in [0.2, 0.25) is 0 Å². The number of nitrogens with zero attached hydrogens (tertiary/aromatic N) is 1. The zero-order valence-electron chi connectivity index (χ0n) is 18.4. The van der Waals surface area contributed by atoms with Gasteiger partial charge in [0.05, 0.1) is 18.2 Å². The van der Waals surface area contributed by atoms with Gasteiger partial charge < -0.3 is 25.4 Å². The van der Waals surface area contributed by atoms with Crippen LogP contribution >= 0.6 is 0 Å². The smallest absolute Gasteiger partial charge is 0.323 e. The summed E-state index contributed by atoms with van der Waals surface area (Å²) in [6.07, 6.45) is 1.60. The fraction of sp³-hybridized carbons (Fsp3) is 0.0800. The maximum atomic E-state index is 13.0. The highest BCUT2D eigenvalue weighted by molar-refractivity contribution is 6.02. The van der Waals surface area contributed by atoms with Crippen molar-refractivity contribution >= 4 is 34.2 Å². The normalized spacial score (nSPS) is 10.4. The number of hydrogen-bond donors (Lipinski definition) is 3. The maximum Gasteiger partial charge on any atom is 0.323 e. The molecular formula is C25H21FN4O4. The predicted octanol–water partition coefficient (Wildman–Crippen LogP) is 5.18. The minimum Gasteiger partial charge on any atom is -0.496 e. The van der Waals surface area contributed by atoms with E-state index < -0.39 is 6.03 Å². The van der Waals surface area contributed by atoms with Gasteiger partial charge in [-0.15, -0.1) is 0 Å². The second kappa shape index (κ2) is 9.86. The van der Waals surface area contributed by atoms with Crippen molar-refractivity contribution in [1.82, 2.24) is 10.3 Å². The van der Waals surface area contributed by atoms with Gasteiger partial charge in [0.1, 0.15) is 23.1 Å². The van der Waals surface area contributed by atoms with Crippen molar-refractivity contribution in [2.75, 3.05) is 24.8 Å². The summed E-state index contributed by atoms with van der Waals surface area (Å²) in [7, 11) is 3.03. The topological polar surface area (TPSA) is 102 Å². The van der Waals surface area contributed by atoms with Gasteiger partial charge in [0.2, 0.25) is 0 Å². The number of methoxy groups -OCH3 is 1. The number of benzene rings is 3. The number of urea groups is 1. The first kappa shape index (κ1) is 22.5. The van der Waals surface area contributed by atoms with Crippen LogP contribution in [0.5, 0.6) is 17.2 Å². The van der Waals surface area contributed by atoms with E-state index in [4.69, 9.17) is 9.47 Å². The van der Waals surface area contributed by atoms with Crippen LogP contribution in [0.3, 0.4) is 0 Å². The van der Waals surface area contributed by atoms with Crippen LogP contribution in [0, 0.1) is 5.82 Å². The summed E-state index contributed by atoms with van der Waals surface area (Å²) in [6.45, 7) is 0. The lowest BCUT2D eigenvalue weighted by molar-refractivity contribution is 0.0960. The molecule has 0 spiro atoms. The summed E-state index contributed by atoms with van der Waals surface area (Å²) in [5.74, 6) is 0.767. The molecule has 0 atom stereocenters. The monoisotopic (exact) mass is 460 g/mol. The zero-order chi connectivity index (χ0) is 24.1. The largest absolute Gasteiger partial charge is 0.496 e. The summed E-state index contributed by atoms with van der Waals surface area (Å²) >= 11 is 0. The number of rotatable bonds is 6. The van der Waals surface area contributed by atoms with Gasteiger partial charge >= 0.3 is 6.03 Å². The second-order valence-corrected chi connectivity index (χ2v) is 7.17. The third-order valence-electron chi connectivity index (χ3n) is 4.94. The van der Waals surface area contributed by atoms with E-state index in [1.807, 2.05) is 0 Å². The van der Waals surface area contributed by atoms with Gasteiger partial charge in [0.25, 0.3) is 5.91 Å². The molecule has 9 heteroatoms. The summed E-state index contributed by atoms with van der Waals surface area (Å²) in [5.41, 5.74) is 1.98. The molecule has 8 nitrogen and oxygen atoms in total. The van der Waals surface area contributed by atoms with Crippen molar-refractivity contribution in [1.29, 1.82) is 0 Å². The molecular weight excluding hydrogens is 439 g/mol. The van der Waals surface area contributed by atoms with Crippen molar-refractivity contribution in [3.05, 3.63) is 84.3 Å². The number of aromatic nitrogens is 1. The number of fused-ring (bicyclic) bond motifs is 1. The number of ether oxygens (including phenoxy) is 2. The lowest BCUT2D eigenvalue weighted by Gasteiger charge is -2.13. The van der Waals surface area contributed by atoms with Gasteiger partial charge in [-0.25, -0.2) is 9.18 Å². The van der Waals surface area contributed by atoms with E-state index in [9.17, 15) is 14.0 Å². The van der Waals surface area contributed by atoms with Gasteiger partial charge in [0, 0.05) is 36.1 Å². The molecule has 172 valence electrons. The SMILES string of the molecule is CNC(=O)c1cc2c(Oc3ccc(NC(=O)Nc4ccc(F)cc4)cc3)ccnc2cc1OC. The Labute approximate surface area is 194 Å². The number of nitrogens with one attached hydrogen (secondary N) is 3. The minimum absolute atomic E-state index is 0.289. The van der Waals surface area contributed by atoms with E-state index in [0.29, 0.717) is 45.1 Å². The molecule has 0 unspecified atom stereocenters. The molecule has 4 rings (SSSR count). The molecule has 34 heavy (non-hydrogen) atoms. The van der Waals surface area contributed by atoms with E-state index in [2.05, 4.69) is 20.9 Å². The Bertz CT molecular complexity index is 1340. The van der Waals surface area contributed by atoms with Crippen molar-refractivity contribution in [2.45, 2.75) is 0 Å². The Morgan fingerprint density at radius 1 is 0.882 bits per heavy atom.